The Kier molecular flexibility index (Phi) is 4.87. The summed E-state index contributed by atoms with van der Waals surface area (Å²) in [5, 5.41) is 15.6. The van der Waals surface area contributed by atoms with E-state index in [0.717, 1.165) is 5.56 Å². The standard InChI is InChI=1S/C16H15N3O3/c1-11-5-4-7-13(9-11)18-15(21)16(22)19-17-10-12-6-2-3-8-14(12)20/h2-10,20H,1H3,(H,18,21)(H,19,22)/b17-10+. The van der Waals surface area contributed by atoms with Crippen molar-refractivity contribution in [2.75, 3.05) is 5.32 Å². The number of anilines is 1. The van der Waals surface area contributed by atoms with E-state index in [1.165, 1.54) is 12.3 Å². The predicted molar refractivity (Wildman–Crippen MR) is 83.7 cm³/mol. The van der Waals surface area contributed by atoms with Gasteiger partial charge in [-0.1, -0.05) is 24.3 Å². The molecule has 0 saturated heterocycles. The second kappa shape index (κ2) is 7.03. The van der Waals surface area contributed by atoms with Crippen molar-refractivity contribution < 1.29 is 14.7 Å². The molecular weight excluding hydrogens is 282 g/mol. The molecule has 3 N–H and O–H groups in total. The van der Waals surface area contributed by atoms with Gasteiger partial charge < -0.3 is 10.4 Å². The molecule has 0 radical (unpaired) electrons. The molecule has 0 atom stereocenters. The fraction of sp³-hybridized carbons (Fsp3) is 0.0625. The number of phenolic OH excluding ortho intramolecular Hbond substituents is 1. The fourth-order valence-electron chi connectivity index (χ4n) is 1.72. The number of aromatic hydroxyl groups is 1. The van der Waals surface area contributed by atoms with Crippen molar-refractivity contribution in [1.82, 2.24) is 5.43 Å². The normalized spacial score (nSPS) is 10.4. The number of amides is 2. The van der Waals surface area contributed by atoms with Crippen LogP contribution in [0.2, 0.25) is 0 Å². The molecule has 22 heavy (non-hydrogen) atoms. The van der Waals surface area contributed by atoms with Gasteiger partial charge in [-0.15, -0.1) is 0 Å². The molecule has 0 bridgehead atoms. The van der Waals surface area contributed by atoms with Crippen molar-refractivity contribution in [2.45, 2.75) is 6.92 Å². The van der Waals surface area contributed by atoms with Gasteiger partial charge in [-0.25, -0.2) is 5.43 Å². The second-order valence-corrected chi connectivity index (χ2v) is 4.58. The SMILES string of the molecule is Cc1cccc(NC(=O)C(=O)N/N=C/c2ccccc2O)c1. The van der Waals surface area contributed by atoms with Crippen LogP contribution >= 0.6 is 0 Å². The van der Waals surface area contributed by atoms with Crippen molar-refractivity contribution in [2.24, 2.45) is 5.10 Å². The van der Waals surface area contributed by atoms with Gasteiger partial charge in [0.2, 0.25) is 0 Å². The van der Waals surface area contributed by atoms with Crippen LogP contribution in [0.4, 0.5) is 5.69 Å². The van der Waals surface area contributed by atoms with E-state index in [9.17, 15) is 14.7 Å². The number of hydrogen-bond donors (Lipinski definition) is 3. The minimum Gasteiger partial charge on any atom is -0.507 e. The minimum absolute atomic E-state index is 0.0321. The van der Waals surface area contributed by atoms with Crippen LogP contribution in [0.25, 0.3) is 0 Å². The highest BCUT2D eigenvalue weighted by Crippen LogP contribution is 2.12. The number of benzene rings is 2. The van der Waals surface area contributed by atoms with Gasteiger partial charge in [0.05, 0.1) is 6.21 Å². The highest BCUT2D eigenvalue weighted by molar-refractivity contribution is 6.39. The largest absolute Gasteiger partial charge is 0.507 e. The van der Waals surface area contributed by atoms with Crippen molar-refractivity contribution in [3.8, 4) is 5.75 Å². The zero-order valence-electron chi connectivity index (χ0n) is 11.9. The number of hydrazone groups is 1. The van der Waals surface area contributed by atoms with E-state index in [1.807, 2.05) is 13.0 Å². The monoisotopic (exact) mass is 297 g/mol. The number of aryl methyl sites for hydroxylation is 1. The molecule has 6 heteroatoms. The van der Waals surface area contributed by atoms with Crippen molar-refractivity contribution in [1.29, 1.82) is 0 Å². The smallest absolute Gasteiger partial charge is 0.329 e. The summed E-state index contributed by atoms with van der Waals surface area (Å²) in [7, 11) is 0. The fourth-order valence-corrected chi connectivity index (χ4v) is 1.72. The van der Waals surface area contributed by atoms with Crippen LogP contribution in [0.1, 0.15) is 11.1 Å². The summed E-state index contributed by atoms with van der Waals surface area (Å²) in [6.45, 7) is 1.88. The maximum absolute atomic E-state index is 11.7. The summed E-state index contributed by atoms with van der Waals surface area (Å²) in [6.07, 6.45) is 1.26. The van der Waals surface area contributed by atoms with Crippen LogP contribution in [-0.2, 0) is 9.59 Å². The maximum Gasteiger partial charge on any atom is 0.329 e. The average Bonchev–Trinajstić information content (AvgIpc) is 2.49. The van der Waals surface area contributed by atoms with E-state index in [0.29, 0.717) is 11.3 Å². The summed E-state index contributed by atoms with van der Waals surface area (Å²) in [5.74, 6) is -1.68. The van der Waals surface area contributed by atoms with Crippen LogP contribution in [0.5, 0.6) is 5.75 Å². The zero-order chi connectivity index (χ0) is 15.9. The number of rotatable bonds is 3. The van der Waals surface area contributed by atoms with Gasteiger partial charge in [0.15, 0.2) is 0 Å². The number of nitrogens with zero attached hydrogens (tertiary/aromatic N) is 1. The minimum atomic E-state index is -0.895. The van der Waals surface area contributed by atoms with E-state index < -0.39 is 11.8 Å². The molecule has 0 aromatic heterocycles. The number of nitrogens with one attached hydrogen (secondary N) is 2. The van der Waals surface area contributed by atoms with Crippen molar-refractivity contribution >= 4 is 23.7 Å². The van der Waals surface area contributed by atoms with E-state index in [2.05, 4.69) is 15.8 Å². The topological polar surface area (TPSA) is 90.8 Å². The Morgan fingerprint density at radius 1 is 1.09 bits per heavy atom. The van der Waals surface area contributed by atoms with Crippen LogP contribution in [0.15, 0.2) is 53.6 Å². The molecule has 112 valence electrons. The molecule has 2 rings (SSSR count). The van der Waals surface area contributed by atoms with Crippen LogP contribution in [0.3, 0.4) is 0 Å². The molecule has 2 aromatic carbocycles. The Morgan fingerprint density at radius 3 is 2.59 bits per heavy atom. The predicted octanol–water partition coefficient (Wildman–Crippen LogP) is 1.79. The third kappa shape index (κ3) is 4.17. The summed E-state index contributed by atoms with van der Waals surface area (Å²) in [4.78, 5) is 23.3. The van der Waals surface area contributed by atoms with Crippen LogP contribution < -0.4 is 10.7 Å². The average molecular weight is 297 g/mol. The molecule has 6 nitrogen and oxygen atoms in total. The second-order valence-electron chi connectivity index (χ2n) is 4.58. The van der Waals surface area contributed by atoms with Gasteiger partial charge in [0, 0.05) is 11.3 Å². The summed E-state index contributed by atoms with van der Waals surface area (Å²) >= 11 is 0. The van der Waals surface area contributed by atoms with Gasteiger partial charge in [-0.05, 0) is 36.8 Å². The first-order valence-electron chi connectivity index (χ1n) is 6.55. The summed E-state index contributed by atoms with van der Waals surface area (Å²) in [6, 6.07) is 13.6. The van der Waals surface area contributed by atoms with Gasteiger partial charge >= 0.3 is 11.8 Å². The van der Waals surface area contributed by atoms with Gasteiger partial charge in [-0.3, -0.25) is 9.59 Å². The first-order valence-corrected chi connectivity index (χ1v) is 6.55. The third-order valence-electron chi connectivity index (χ3n) is 2.79. The van der Waals surface area contributed by atoms with Gasteiger partial charge in [-0.2, -0.15) is 5.10 Å². The molecule has 2 amide bonds. The lowest BCUT2D eigenvalue weighted by atomic mass is 10.2. The molecule has 2 aromatic rings. The molecule has 0 aliphatic heterocycles. The summed E-state index contributed by atoms with van der Waals surface area (Å²) in [5.41, 5.74) is 4.03. The van der Waals surface area contributed by atoms with Crippen LogP contribution in [-0.4, -0.2) is 23.1 Å². The van der Waals surface area contributed by atoms with Crippen LogP contribution in [0, 0.1) is 6.92 Å². The molecule has 0 saturated carbocycles. The van der Waals surface area contributed by atoms with E-state index in [4.69, 9.17) is 0 Å². The molecule has 0 aliphatic rings. The highest BCUT2D eigenvalue weighted by Gasteiger charge is 2.12. The Bertz CT molecular complexity index is 726. The molecular formula is C16H15N3O3. The lowest BCUT2D eigenvalue weighted by Crippen LogP contribution is -2.32. The Morgan fingerprint density at radius 2 is 1.86 bits per heavy atom. The first-order chi connectivity index (χ1) is 10.6. The molecule has 0 unspecified atom stereocenters. The zero-order valence-corrected chi connectivity index (χ0v) is 11.9. The Balaban J connectivity index is 1.92. The van der Waals surface area contributed by atoms with E-state index >= 15 is 0 Å². The molecule has 0 aliphatic carbocycles. The summed E-state index contributed by atoms with van der Waals surface area (Å²) < 4.78 is 0. The van der Waals surface area contributed by atoms with E-state index in [1.54, 1.807) is 36.4 Å². The lowest BCUT2D eigenvalue weighted by Gasteiger charge is -2.04. The van der Waals surface area contributed by atoms with Gasteiger partial charge in [0.1, 0.15) is 5.75 Å². The number of para-hydroxylation sites is 1. The maximum atomic E-state index is 11.7. The molecule has 0 spiro atoms. The molecule has 0 heterocycles. The third-order valence-corrected chi connectivity index (χ3v) is 2.79. The molecule has 0 fully saturated rings. The Hall–Kier alpha value is -3.15. The Labute approximate surface area is 127 Å². The van der Waals surface area contributed by atoms with Crippen molar-refractivity contribution in [3.05, 3.63) is 59.7 Å². The number of carbonyl (C=O) groups excluding carboxylic acids is 2. The highest BCUT2D eigenvalue weighted by atomic mass is 16.3. The quantitative estimate of drug-likeness (QED) is 0.458. The number of carbonyl (C=O) groups is 2. The number of phenols is 1. The van der Waals surface area contributed by atoms with Crippen molar-refractivity contribution in [3.63, 3.8) is 0 Å². The van der Waals surface area contributed by atoms with Gasteiger partial charge in [0.25, 0.3) is 0 Å². The first kappa shape index (κ1) is 15.2. The number of hydrogen-bond acceptors (Lipinski definition) is 4. The lowest BCUT2D eigenvalue weighted by molar-refractivity contribution is -0.136. The van der Waals surface area contributed by atoms with E-state index in [-0.39, 0.29) is 5.75 Å².